The standard InChI is InChI=1S/C15H22N4O2/c1-16-14-11(3-2-6-17-14)9-19-7-8-21-10-13(19)15(20)18-12-4-5-12/h2-3,6,12-13H,4-5,7-10H2,1H3,(H,16,17)(H,18,20). The number of morpholine rings is 1. The molecule has 3 rings (SSSR count). The molecule has 6 nitrogen and oxygen atoms in total. The van der Waals surface area contributed by atoms with Gasteiger partial charge >= 0.3 is 0 Å². The fourth-order valence-corrected chi connectivity index (χ4v) is 2.60. The lowest BCUT2D eigenvalue weighted by Crippen LogP contribution is -2.53. The van der Waals surface area contributed by atoms with Gasteiger partial charge < -0.3 is 15.4 Å². The molecule has 1 aromatic rings. The molecule has 0 bridgehead atoms. The van der Waals surface area contributed by atoms with E-state index in [2.05, 4.69) is 20.5 Å². The first-order valence-corrected chi connectivity index (χ1v) is 7.51. The number of nitrogens with zero attached hydrogens (tertiary/aromatic N) is 2. The highest BCUT2D eigenvalue weighted by atomic mass is 16.5. The van der Waals surface area contributed by atoms with Crippen LogP contribution in [0, 0.1) is 0 Å². The van der Waals surface area contributed by atoms with E-state index in [9.17, 15) is 4.79 Å². The van der Waals surface area contributed by atoms with E-state index >= 15 is 0 Å². The number of nitrogens with one attached hydrogen (secondary N) is 2. The Hall–Kier alpha value is -1.66. The number of carbonyl (C=O) groups is 1. The van der Waals surface area contributed by atoms with Gasteiger partial charge in [-0.1, -0.05) is 6.07 Å². The summed E-state index contributed by atoms with van der Waals surface area (Å²) >= 11 is 0. The summed E-state index contributed by atoms with van der Waals surface area (Å²) in [6.45, 7) is 2.60. The minimum absolute atomic E-state index is 0.0899. The van der Waals surface area contributed by atoms with Gasteiger partial charge in [0.05, 0.1) is 13.2 Å². The normalized spacial score (nSPS) is 22.8. The predicted molar refractivity (Wildman–Crippen MR) is 80.0 cm³/mol. The molecule has 1 aliphatic heterocycles. The highest BCUT2D eigenvalue weighted by Gasteiger charge is 2.33. The van der Waals surface area contributed by atoms with Crippen LogP contribution in [0.1, 0.15) is 18.4 Å². The smallest absolute Gasteiger partial charge is 0.239 e. The van der Waals surface area contributed by atoms with Crippen molar-refractivity contribution in [3.8, 4) is 0 Å². The van der Waals surface area contributed by atoms with Gasteiger partial charge in [-0.25, -0.2) is 4.98 Å². The minimum atomic E-state index is -0.204. The van der Waals surface area contributed by atoms with E-state index in [1.807, 2.05) is 19.2 Å². The first-order chi connectivity index (χ1) is 10.3. The summed E-state index contributed by atoms with van der Waals surface area (Å²) in [5.74, 6) is 0.956. The van der Waals surface area contributed by atoms with Gasteiger partial charge in [-0.15, -0.1) is 0 Å². The van der Waals surface area contributed by atoms with Crippen molar-refractivity contribution in [2.24, 2.45) is 0 Å². The molecule has 2 heterocycles. The Bertz CT molecular complexity index is 504. The number of amides is 1. The Kier molecular flexibility index (Phi) is 4.36. The zero-order chi connectivity index (χ0) is 14.7. The van der Waals surface area contributed by atoms with Crippen LogP contribution < -0.4 is 10.6 Å². The molecule has 2 aliphatic rings. The van der Waals surface area contributed by atoms with Gasteiger partial charge in [0.2, 0.25) is 5.91 Å². The average molecular weight is 290 g/mol. The van der Waals surface area contributed by atoms with Crippen molar-refractivity contribution in [2.75, 3.05) is 32.1 Å². The number of aromatic nitrogens is 1. The Morgan fingerprint density at radius 1 is 1.52 bits per heavy atom. The first kappa shape index (κ1) is 14.3. The largest absolute Gasteiger partial charge is 0.378 e. The maximum absolute atomic E-state index is 12.3. The molecule has 114 valence electrons. The summed E-state index contributed by atoms with van der Waals surface area (Å²) in [4.78, 5) is 18.8. The summed E-state index contributed by atoms with van der Waals surface area (Å²) in [6.07, 6.45) is 3.98. The molecule has 6 heteroatoms. The highest BCUT2D eigenvalue weighted by Crippen LogP contribution is 2.21. The van der Waals surface area contributed by atoms with Gasteiger partial charge in [0.1, 0.15) is 11.9 Å². The van der Waals surface area contributed by atoms with Gasteiger partial charge in [0.25, 0.3) is 0 Å². The first-order valence-electron chi connectivity index (χ1n) is 7.51. The van der Waals surface area contributed by atoms with Gasteiger partial charge in [-0.2, -0.15) is 0 Å². The van der Waals surface area contributed by atoms with Gasteiger partial charge in [-0.05, 0) is 18.9 Å². The number of anilines is 1. The van der Waals surface area contributed by atoms with Crippen LogP contribution in [0.3, 0.4) is 0 Å². The second-order valence-electron chi connectivity index (χ2n) is 5.61. The third kappa shape index (κ3) is 3.51. The number of carbonyl (C=O) groups excluding carboxylic acids is 1. The molecule has 1 atom stereocenters. The molecular weight excluding hydrogens is 268 g/mol. The molecule has 0 radical (unpaired) electrons. The van der Waals surface area contributed by atoms with Crippen molar-refractivity contribution in [1.29, 1.82) is 0 Å². The summed E-state index contributed by atoms with van der Waals surface area (Å²) in [6, 6.07) is 4.15. The fourth-order valence-electron chi connectivity index (χ4n) is 2.60. The predicted octanol–water partition coefficient (Wildman–Crippen LogP) is 0.603. The van der Waals surface area contributed by atoms with Crippen LogP contribution in [0.4, 0.5) is 5.82 Å². The lowest BCUT2D eigenvalue weighted by atomic mass is 10.1. The highest BCUT2D eigenvalue weighted by molar-refractivity contribution is 5.82. The molecule has 1 aliphatic carbocycles. The quantitative estimate of drug-likeness (QED) is 0.831. The molecule has 1 aromatic heterocycles. The number of pyridine rings is 1. The van der Waals surface area contributed by atoms with E-state index in [1.54, 1.807) is 6.20 Å². The van der Waals surface area contributed by atoms with Crippen molar-refractivity contribution in [2.45, 2.75) is 31.5 Å². The van der Waals surface area contributed by atoms with Crippen molar-refractivity contribution in [3.05, 3.63) is 23.9 Å². The van der Waals surface area contributed by atoms with Crippen LogP contribution in [0.5, 0.6) is 0 Å². The Balaban J connectivity index is 1.69. The van der Waals surface area contributed by atoms with E-state index in [-0.39, 0.29) is 11.9 Å². The van der Waals surface area contributed by atoms with Crippen LogP contribution in [-0.2, 0) is 16.1 Å². The Morgan fingerprint density at radius 3 is 3.14 bits per heavy atom. The SMILES string of the molecule is CNc1ncccc1CN1CCOCC1C(=O)NC1CC1. The molecule has 1 saturated heterocycles. The number of hydrogen-bond acceptors (Lipinski definition) is 5. The third-order valence-electron chi connectivity index (χ3n) is 3.97. The summed E-state index contributed by atoms with van der Waals surface area (Å²) in [7, 11) is 1.86. The molecule has 0 spiro atoms. The minimum Gasteiger partial charge on any atom is -0.378 e. The van der Waals surface area contributed by atoms with Crippen LogP contribution in [-0.4, -0.2) is 54.7 Å². The van der Waals surface area contributed by atoms with E-state index < -0.39 is 0 Å². The molecule has 0 aromatic carbocycles. The zero-order valence-electron chi connectivity index (χ0n) is 12.3. The molecule has 1 saturated carbocycles. The average Bonchev–Trinajstić information content (AvgIpc) is 3.32. The van der Waals surface area contributed by atoms with E-state index in [0.717, 1.165) is 30.8 Å². The molecule has 21 heavy (non-hydrogen) atoms. The van der Waals surface area contributed by atoms with Crippen LogP contribution in [0.2, 0.25) is 0 Å². The van der Waals surface area contributed by atoms with Crippen LogP contribution in [0.15, 0.2) is 18.3 Å². The zero-order valence-corrected chi connectivity index (χ0v) is 12.3. The number of rotatable bonds is 5. The summed E-state index contributed by atoms with van der Waals surface area (Å²) in [5, 5.41) is 6.18. The lowest BCUT2D eigenvalue weighted by Gasteiger charge is -2.34. The second kappa shape index (κ2) is 6.41. The lowest BCUT2D eigenvalue weighted by molar-refractivity contribution is -0.133. The number of hydrogen-bond donors (Lipinski definition) is 2. The van der Waals surface area contributed by atoms with E-state index in [0.29, 0.717) is 25.8 Å². The molecule has 2 fully saturated rings. The topological polar surface area (TPSA) is 66.5 Å². The van der Waals surface area contributed by atoms with Gasteiger partial charge in [0, 0.05) is 37.9 Å². The maximum Gasteiger partial charge on any atom is 0.239 e. The summed E-state index contributed by atoms with van der Waals surface area (Å²) < 4.78 is 5.50. The van der Waals surface area contributed by atoms with Crippen molar-refractivity contribution >= 4 is 11.7 Å². The number of ether oxygens (including phenoxy) is 1. The van der Waals surface area contributed by atoms with Crippen LogP contribution in [0.25, 0.3) is 0 Å². The van der Waals surface area contributed by atoms with Gasteiger partial charge in [0.15, 0.2) is 0 Å². The second-order valence-corrected chi connectivity index (χ2v) is 5.61. The molecule has 1 amide bonds. The van der Waals surface area contributed by atoms with E-state index in [4.69, 9.17) is 4.74 Å². The van der Waals surface area contributed by atoms with Crippen molar-refractivity contribution < 1.29 is 9.53 Å². The maximum atomic E-state index is 12.3. The molecular formula is C15H22N4O2. The summed E-state index contributed by atoms with van der Waals surface area (Å²) in [5.41, 5.74) is 1.10. The van der Waals surface area contributed by atoms with Gasteiger partial charge in [-0.3, -0.25) is 9.69 Å². The fraction of sp³-hybridized carbons (Fsp3) is 0.600. The molecule has 1 unspecified atom stereocenters. The van der Waals surface area contributed by atoms with Crippen molar-refractivity contribution in [1.82, 2.24) is 15.2 Å². The third-order valence-corrected chi connectivity index (χ3v) is 3.97. The Labute approximate surface area is 124 Å². The molecule has 2 N–H and O–H groups in total. The Morgan fingerprint density at radius 2 is 2.38 bits per heavy atom. The van der Waals surface area contributed by atoms with E-state index in [1.165, 1.54) is 0 Å². The van der Waals surface area contributed by atoms with Crippen LogP contribution >= 0.6 is 0 Å². The van der Waals surface area contributed by atoms with Crippen molar-refractivity contribution in [3.63, 3.8) is 0 Å². The monoisotopic (exact) mass is 290 g/mol.